The van der Waals surface area contributed by atoms with Gasteiger partial charge in [0.25, 0.3) is 0 Å². The quantitative estimate of drug-likeness (QED) is 0.116. The third-order valence-electron chi connectivity index (χ3n) is 2.87. The van der Waals surface area contributed by atoms with Gasteiger partial charge in [-0.05, 0) is 31.4 Å². The normalized spacial score (nSPS) is 11.5. The Kier molecular flexibility index (Phi) is 8.94. The molecule has 0 bridgehead atoms. The first-order valence-corrected chi connectivity index (χ1v) is 7.63. The number of hydrogen-bond donors (Lipinski definition) is 2. The predicted molar refractivity (Wildman–Crippen MR) is 93.2 cm³/mol. The van der Waals surface area contributed by atoms with Crippen LogP contribution in [0.3, 0.4) is 0 Å². The van der Waals surface area contributed by atoms with Crippen LogP contribution < -0.4 is 10.2 Å². The van der Waals surface area contributed by atoms with Gasteiger partial charge < -0.3 is 19.5 Å². The van der Waals surface area contributed by atoms with Crippen molar-refractivity contribution in [3.05, 3.63) is 48.6 Å². The van der Waals surface area contributed by atoms with Gasteiger partial charge in [-0.25, -0.2) is 14.6 Å². The van der Waals surface area contributed by atoms with Gasteiger partial charge in [-0.1, -0.05) is 30.9 Å². The van der Waals surface area contributed by atoms with Crippen molar-refractivity contribution >= 4 is 18.6 Å². The van der Waals surface area contributed by atoms with Gasteiger partial charge in [0.1, 0.15) is 25.6 Å². The van der Waals surface area contributed by atoms with Crippen molar-refractivity contribution in [2.24, 2.45) is 0 Å². The van der Waals surface area contributed by atoms with Gasteiger partial charge >= 0.3 is 13.1 Å². The zero-order valence-corrected chi connectivity index (χ0v) is 14.4. The van der Waals surface area contributed by atoms with Crippen LogP contribution in [-0.4, -0.2) is 49.1 Å². The molecule has 8 heteroatoms. The van der Waals surface area contributed by atoms with E-state index in [1.54, 1.807) is 26.0 Å². The first-order valence-electron chi connectivity index (χ1n) is 7.63. The lowest BCUT2D eigenvalue weighted by atomic mass is 9.80. The van der Waals surface area contributed by atoms with E-state index in [4.69, 9.17) is 29.3 Å². The van der Waals surface area contributed by atoms with E-state index in [0.29, 0.717) is 11.2 Å². The molecule has 0 radical (unpaired) electrons. The van der Waals surface area contributed by atoms with E-state index < -0.39 is 19.2 Å². The van der Waals surface area contributed by atoms with E-state index in [0.717, 1.165) is 5.57 Å². The summed E-state index contributed by atoms with van der Waals surface area (Å²) in [6.07, 6.45) is -0.627. The Balaban J connectivity index is 2.63. The minimum absolute atomic E-state index is 0.0150. The summed E-state index contributed by atoms with van der Waals surface area (Å²) >= 11 is 0. The van der Waals surface area contributed by atoms with Crippen molar-refractivity contribution in [2.45, 2.75) is 20.0 Å². The molecule has 0 saturated heterocycles. The Morgan fingerprint density at radius 3 is 2.28 bits per heavy atom. The topological polar surface area (TPSA) is 94.5 Å². The molecule has 0 fully saturated rings. The third-order valence-corrected chi connectivity index (χ3v) is 2.87. The molecule has 1 rings (SSSR count). The van der Waals surface area contributed by atoms with Crippen LogP contribution in [0.4, 0.5) is 0 Å². The van der Waals surface area contributed by atoms with Gasteiger partial charge in [-0.2, -0.15) is 0 Å². The van der Waals surface area contributed by atoms with Crippen molar-refractivity contribution in [3.8, 4) is 5.75 Å². The van der Waals surface area contributed by atoms with E-state index in [2.05, 4.69) is 13.2 Å². The molecule has 1 atom stereocenters. The lowest BCUT2D eigenvalue weighted by molar-refractivity contribution is -0.298. The lowest BCUT2D eigenvalue weighted by Gasteiger charge is -2.19. The molecule has 0 aliphatic rings. The highest BCUT2D eigenvalue weighted by atomic mass is 17.2. The largest absolute Gasteiger partial charge is 0.488 e. The smallest absolute Gasteiger partial charge is 0.484 e. The molecule has 0 heterocycles. The van der Waals surface area contributed by atoms with E-state index >= 15 is 0 Å². The molecule has 7 nitrogen and oxygen atoms in total. The molecule has 1 aromatic rings. The summed E-state index contributed by atoms with van der Waals surface area (Å²) in [5, 5.41) is 18.2. The van der Waals surface area contributed by atoms with Gasteiger partial charge in [-0.15, -0.1) is 0 Å². The number of ether oxygens (including phenoxy) is 2. The number of rotatable bonds is 11. The summed E-state index contributed by atoms with van der Waals surface area (Å²) in [4.78, 5) is 21.5. The van der Waals surface area contributed by atoms with Crippen molar-refractivity contribution in [3.63, 3.8) is 0 Å². The molecule has 1 aromatic carbocycles. The Labute approximate surface area is 147 Å². The second-order valence-electron chi connectivity index (χ2n) is 5.57. The Bertz CT molecular complexity index is 583. The summed E-state index contributed by atoms with van der Waals surface area (Å²) in [7, 11) is -1.56. The fourth-order valence-electron chi connectivity index (χ4n) is 1.59. The summed E-state index contributed by atoms with van der Waals surface area (Å²) in [6.45, 7) is 10.7. The molecule has 1 unspecified atom stereocenters. The molecule has 0 amide bonds. The fraction of sp³-hybridized carbons (Fsp3) is 0.353. The average molecular weight is 350 g/mol. The number of carbonyl (C=O) groups excluding carboxylic acids is 1. The van der Waals surface area contributed by atoms with Gasteiger partial charge in [0, 0.05) is 5.57 Å². The minimum Gasteiger partial charge on any atom is -0.484 e. The molecular formula is C17H23BO7. The van der Waals surface area contributed by atoms with Crippen LogP contribution in [0.15, 0.2) is 48.6 Å². The van der Waals surface area contributed by atoms with Gasteiger partial charge in [0.05, 0.1) is 0 Å². The van der Waals surface area contributed by atoms with Crippen LogP contribution in [0.25, 0.3) is 0 Å². The number of benzene rings is 1. The molecule has 0 aliphatic heterocycles. The highest BCUT2D eigenvalue weighted by molar-refractivity contribution is 6.58. The van der Waals surface area contributed by atoms with Crippen LogP contribution >= 0.6 is 0 Å². The Morgan fingerprint density at radius 2 is 1.76 bits per heavy atom. The molecule has 0 aliphatic carbocycles. The van der Waals surface area contributed by atoms with Gasteiger partial charge in [0.2, 0.25) is 0 Å². The number of esters is 1. The van der Waals surface area contributed by atoms with Crippen LogP contribution in [0.2, 0.25) is 0 Å². The molecule has 0 saturated carbocycles. The van der Waals surface area contributed by atoms with Crippen LogP contribution in [0.1, 0.15) is 13.8 Å². The second-order valence-corrected chi connectivity index (χ2v) is 5.57. The van der Waals surface area contributed by atoms with E-state index in [9.17, 15) is 4.79 Å². The molecular weight excluding hydrogens is 327 g/mol. The summed E-state index contributed by atoms with van der Waals surface area (Å²) in [6, 6.07) is 6.15. The fourth-order valence-corrected chi connectivity index (χ4v) is 1.59. The highest BCUT2D eigenvalue weighted by Crippen LogP contribution is 2.12. The maximum atomic E-state index is 11.5. The van der Waals surface area contributed by atoms with Gasteiger partial charge in [0.15, 0.2) is 6.10 Å². The monoisotopic (exact) mass is 350 g/mol. The SMILES string of the molecule is C=C(C)COOCC(COC(=O)C(=C)C)Oc1ccc(B(O)O)cc1. The third kappa shape index (κ3) is 8.50. The van der Waals surface area contributed by atoms with Crippen LogP contribution in [0.5, 0.6) is 5.75 Å². The van der Waals surface area contributed by atoms with Crippen LogP contribution in [0, 0.1) is 0 Å². The Hall–Kier alpha value is -2.13. The minimum atomic E-state index is -1.56. The molecule has 25 heavy (non-hydrogen) atoms. The lowest BCUT2D eigenvalue weighted by Crippen LogP contribution is -2.31. The zero-order chi connectivity index (χ0) is 18.8. The summed E-state index contributed by atoms with van der Waals surface area (Å²) < 4.78 is 10.8. The highest BCUT2D eigenvalue weighted by Gasteiger charge is 2.17. The van der Waals surface area contributed by atoms with Crippen LogP contribution in [-0.2, 0) is 19.3 Å². The van der Waals surface area contributed by atoms with Crippen molar-refractivity contribution in [1.82, 2.24) is 0 Å². The zero-order valence-electron chi connectivity index (χ0n) is 14.4. The maximum Gasteiger partial charge on any atom is 0.488 e. The summed E-state index contributed by atoms with van der Waals surface area (Å²) in [5.41, 5.74) is 1.41. The van der Waals surface area contributed by atoms with E-state index in [1.807, 2.05) is 0 Å². The average Bonchev–Trinajstić information content (AvgIpc) is 2.56. The van der Waals surface area contributed by atoms with Crippen molar-refractivity contribution in [1.29, 1.82) is 0 Å². The first kappa shape index (κ1) is 20.9. The van der Waals surface area contributed by atoms with Crippen molar-refractivity contribution in [2.75, 3.05) is 19.8 Å². The molecule has 2 N–H and O–H groups in total. The van der Waals surface area contributed by atoms with Crippen molar-refractivity contribution < 1.29 is 34.1 Å². The molecule has 0 aromatic heterocycles. The number of hydrogen-bond acceptors (Lipinski definition) is 7. The first-order chi connectivity index (χ1) is 11.8. The molecule has 0 spiro atoms. The standard InChI is InChI=1S/C17H23BO7/c1-12(2)9-23-24-11-16(10-22-17(19)13(3)4)25-15-7-5-14(6-8-15)18(20)21/h5-8,16,20-21H,1,3,9-11H2,2,4H3. The van der Waals surface area contributed by atoms with Gasteiger partial charge in [-0.3, -0.25) is 0 Å². The molecule has 136 valence electrons. The second kappa shape index (κ2) is 10.7. The van der Waals surface area contributed by atoms with E-state index in [1.165, 1.54) is 12.1 Å². The Morgan fingerprint density at radius 1 is 1.12 bits per heavy atom. The predicted octanol–water partition coefficient (Wildman–Crippen LogP) is 0.757. The maximum absolute atomic E-state index is 11.5. The summed E-state index contributed by atoms with van der Waals surface area (Å²) in [5.74, 6) is -0.0838. The number of carbonyl (C=O) groups is 1. The van der Waals surface area contributed by atoms with E-state index in [-0.39, 0.29) is 25.4 Å².